The molecule has 1 aliphatic rings. The van der Waals surface area contributed by atoms with Gasteiger partial charge in [0.15, 0.2) is 0 Å². The Morgan fingerprint density at radius 2 is 2.24 bits per heavy atom. The van der Waals surface area contributed by atoms with Crippen LogP contribution in [0.4, 0.5) is 4.39 Å². The fourth-order valence-electron chi connectivity index (χ4n) is 2.11. The van der Waals surface area contributed by atoms with E-state index in [-0.39, 0.29) is 5.82 Å². The molecule has 3 heteroatoms. The van der Waals surface area contributed by atoms with E-state index >= 15 is 0 Å². The van der Waals surface area contributed by atoms with Crippen molar-refractivity contribution in [2.75, 3.05) is 6.54 Å². The van der Waals surface area contributed by atoms with Crippen LogP contribution in [-0.4, -0.2) is 6.54 Å². The second-order valence-corrected chi connectivity index (χ2v) is 5.71. The van der Waals surface area contributed by atoms with Gasteiger partial charge in [0.25, 0.3) is 0 Å². The lowest BCUT2D eigenvalue weighted by molar-refractivity contribution is 0.471. The summed E-state index contributed by atoms with van der Waals surface area (Å²) in [6.07, 6.45) is 5.00. The molecule has 1 saturated carbocycles. The number of nitrogens with one attached hydrogen (secondary N) is 1. The van der Waals surface area contributed by atoms with Gasteiger partial charge >= 0.3 is 0 Å². The monoisotopic (exact) mass is 299 g/mol. The van der Waals surface area contributed by atoms with Gasteiger partial charge in [-0.1, -0.05) is 41.8 Å². The highest BCUT2D eigenvalue weighted by Gasteiger charge is 2.26. The molecule has 0 aliphatic heterocycles. The zero-order valence-electron chi connectivity index (χ0n) is 10.2. The second kappa shape index (κ2) is 5.96. The van der Waals surface area contributed by atoms with E-state index in [1.54, 1.807) is 12.1 Å². The Hall–Kier alpha value is -0.410. The van der Waals surface area contributed by atoms with E-state index in [1.807, 2.05) is 6.07 Å². The Morgan fingerprint density at radius 3 is 2.82 bits per heavy atom. The molecular weight excluding hydrogens is 281 g/mol. The van der Waals surface area contributed by atoms with E-state index in [4.69, 9.17) is 0 Å². The topological polar surface area (TPSA) is 12.0 Å². The van der Waals surface area contributed by atoms with Gasteiger partial charge in [-0.3, -0.25) is 0 Å². The summed E-state index contributed by atoms with van der Waals surface area (Å²) in [5.74, 6) is 0.683. The third-order valence-electron chi connectivity index (χ3n) is 3.24. The predicted molar refractivity (Wildman–Crippen MR) is 72.5 cm³/mol. The van der Waals surface area contributed by atoms with Crippen molar-refractivity contribution in [3.05, 3.63) is 34.1 Å². The van der Waals surface area contributed by atoms with Gasteiger partial charge in [0, 0.05) is 10.5 Å². The van der Waals surface area contributed by atoms with Crippen molar-refractivity contribution < 1.29 is 4.39 Å². The fourth-order valence-corrected chi connectivity index (χ4v) is 2.74. The van der Waals surface area contributed by atoms with Crippen LogP contribution in [0.1, 0.15) is 44.2 Å². The fraction of sp³-hybridized carbons (Fsp3) is 0.571. The maximum absolute atomic E-state index is 13.1. The van der Waals surface area contributed by atoms with Crippen molar-refractivity contribution >= 4 is 15.9 Å². The highest BCUT2D eigenvalue weighted by molar-refractivity contribution is 9.10. The normalized spacial score (nSPS) is 17.1. The lowest BCUT2D eigenvalue weighted by Gasteiger charge is -2.20. The zero-order valence-corrected chi connectivity index (χ0v) is 11.8. The van der Waals surface area contributed by atoms with Crippen molar-refractivity contribution in [2.24, 2.45) is 5.92 Å². The highest BCUT2D eigenvalue weighted by Crippen LogP contribution is 2.39. The molecule has 1 unspecified atom stereocenters. The minimum absolute atomic E-state index is 0.179. The summed E-state index contributed by atoms with van der Waals surface area (Å²) in [7, 11) is 0. The molecule has 0 bridgehead atoms. The van der Waals surface area contributed by atoms with E-state index in [0.29, 0.717) is 6.04 Å². The maximum atomic E-state index is 13.1. The van der Waals surface area contributed by atoms with E-state index in [2.05, 4.69) is 28.2 Å². The van der Waals surface area contributed by atoms with Gasteiger partial charge in [-0.2, -0.15) is 0 Å². The van der Waals surface area contributed by atoms with Gasteiger partial charge in [0.1, 0.15) is 5.82 Å². The summed E-state index contributed by atoms with van der Waals surface area (Å²) < 4.78 is 14.0. The minimum Gasteiger partial charge on any atom is -0.310 e. The lowest BCUT2D eigenvalue weighted by Crippen LogP contribution is -2.23. The van der Waals surface area contributed by atoms with E-state index in [9.17, 15) is 4.39 Å². The van der Waals surface area contributed by atoms with Crippen LogP contribution >= 0.6 is 15.9 Å². The molecule has 1 aliphatic carbocycles. The first-order valence-electron chi connectivity index (χ1n) is 6.39. The number of hydrogen-bond acceptors (Lipinski definition) is 1. The van der Waals surface area contributed by atoms with Gasteiger partial charge in [-0.25, -0.2) is 4.39 Å². The van der Waals surface area contributed by atoms with Gasteiger partial charge in [0.05, 0.1) is 0 Å². The van der Waals surface area contributed by atoms with E-state index in [0.717, 1.165) is 23.4 Å². The molecule has 1 aromatic carbocycles. The smallest absolute Gasteiger partial charge is 0.124 e. The molecule has 0 spiro atoms. The summed E-state index contributed by atoms with van der Waals surface area (Å²) in [6, 6.07) is 5.36. The molecule has 0 radical (unpaired) electrons. The van der Waals surface area contributed by atoms with Gasteiger partial charge in [0.2, 0.25) is 0 Å². The van der Waals surface area contributed by atoms with Crippen LogP contribution in [0.5, 0.6) is 0 Å². The maximum Gasteiger partial charge on any atom is 0.124 e. The van der Waals surface area contributed by atoms with Crippen LogP contribution in [0, 0.1) is 11.7 Å². The first kappa shape index (κ1) is 13.0. The summed E-state index contributed by atoms with van der Waals surface area (Å²) in [5.41, 5.74) is 1.19. The number of halogens is 2. The predicted octanol–water partition coefficient (Wildman–Crippen LogP) is 4.43. The summed E-state index contributed by atoms with van der Waals surface area (Å²) in [6.45, 7) is 3.18. The number of hydrogen-bond donors (Lipinski definition) is 1. The number of rotatable bonds is 6. The van der Waals surface area contributed by atoms with Crippen LogP contribution in [0.15, 0.2) is 22.7 Å². The average molecular weight is 300 g/mol. The molecule has 1 fully saturated rings. The van der Waals surface area contributed by atoms with Crippen LogP contribution in [-0.2, 0) is 0 Å². The molecule has 1 nitrogen and oxygen atoms in total. The lowest BCUT2D eigenvalue weighted by atomic mass is 10.0. The number of benzene rings is 1. The van der Waals surface area contributed by atoms with Crippen molar-refractivity contribution in [1.29, 1.82) is 0 Å². The van der Waals surface area contributed by atoms with E-state index < -0.39 is 0 Å². The third-order valence-corrected chi connectivity index (χ3v) is 3.93. The Kier molecular flexibility index (Phi) is 4.57. The molecule has 94 valence electrons. The molecular formula is C14H19BrFN. The molecule has 0 aromatic heterocycles. The summed E-state index contributed by atoms with van der Waals surface area (Å²) in [5, 5.41) is 3.56. The molecule has 0 heterocycles. The van der Waals surface area contributed by atoms with Crippen LogP contribution in [0.25, 0.3) is 0 Å². The third kappa shape index (κ3) is 3.78. The Bertz CT molecular complexity index is 376. The van der Waals surface area contributed by atoms with Crippen LogP contribution < -0.4 is 5.32 Å². The quantitative estimate of drug-likeness (QED) is 0.819. The van der Waals surface area contributed by atoms with Gasteiger partial charge in [-0.15, -0.1) is 0 Å². The molecule has 0 saturated heterocycles. The van der Waals surface area contributed by atoms with Crippen molar-refractivity contribution in [3.63, 3.8) is 0 Å². The standard InChI is InChI=1S/C14H19BrFN/c1-2-7-17-14(8-10-3-4-10)12-6-5-11(16)9-13(12)15/h5-6,9-10,14,17H,2-4,7-8H2,1H3. The van der Waals surface area contributed by atoms with E-state index in [1.165, 1.54) is 24.8 Å². The molecule has 0 amide bonds. The Balaban J connectivity index is 2.11. The van der Waals surface area contributed by atoms with Crippen molar-refractivity contribution in [1.82, 2.24) is 5.32 Å². The Morgan fingerprint density at radius 1 is 1.47 bits per heavy atom. The van der Waals surface area contributed by atoms with Gasteiger partial charge < -0.3 is 5.32 Å². The Labute approximate surface area is 111 Å². The van der Waals surface area contributed by atoms with Crippen molar-refractivity contribution in [2.45, 2.75) is 38.6 Å². The van der Waals surface area contributed by atoms with Crippen LogP contribution in [0.2, 0.25) is 0 Å². The first-order chi connectivity index (χ1) is 8.20. The average Bonchev–Trinajstić information content (AvgIpc) is 3.08. The zero-order chi connectivity index (χ0) is 12.3. The van der Waals surface area contributed by atoms with Crippen molar-refractivity contribution in [3.8, 4) is 0 Å². The summed E-state index contributed by atoms with van der Waals surface area (Å²) >= 11 is 3.47. The molecule has 2 rings (SSSR count). The first-order valence-corrected chi connectivity index (χ1v) is 7.18. The molecule has 1 N–H and O–H groups in total. The van der Waals surface area contributed by atoms with Crippen LogP contribution in [0.3, 0.4) is 0 Å². The molecule has 17 heavy (non-hydrogen) atoms. The highest BCUT2D eigenvalue weighted by atomic mass is 79.9. The molecule has 1 atom stereocenters. The largest absolute Gasteiger partial charge is 0.310 e. The van der Waals surface area contributed by atoms with Gasteiger partial charge in [-0.05, 0) is 43.0 Å². The molecule has 1 aromatic rings. The summed E-state index contributed by atoms with van der Waals surface area (Å²) in [4.78, 5) is 0. The SMILES string of the molecule is CCCNC(CC1CC1)c1ccc(F)cc1Br. The second-order valence-electron chi connectivity index (χ2n) is 4.85. The minimum atomic E-state index is -0.179.